The van der Waals surface area contributed by atoms with Crippen LogP contribution in [0.15, 0.2) is 60.7 Å². The van der Waals surface area contributed by atoms with Gasteiger partial charge in [0.15, 0.2) is 0 Å². The minimum absolute atomic E-state index is 0.0473. The first-order valence-corrected chi connectivity index (χ1v) is 6.79. The molecule has 0 aliphatic carbocycles. The molecule has 2 aromatic rings. The number of hydrogen-bond acceptors (Lipinski definition) is 2. The third-order valence-corrected chi connectivity index (χ3v) is 3.32. The van der Waals surface area contributed by atoms with E-state index in [-0.39, 0.29) is 12.1 Å². The largest absolute Gasteiger partial charge is 0.391 e. The van der Waals surface area contributed by atoms with Gasteiger partial charge in [0, 0.05) is 11.7 Å². The minimum atomic E-state index is -0.347. The summed E-state index contributed by atoms with van der Waals surface area (Å²) in [5.41, 5.74) is 2.32. The molecule has 19 heavy (non-hydrogen) atoms. The fourth-order valence-corrected chi connectivity index (χ4v) is 2.10. The number of rotatable bonds is 6. The van der Waals surface area contributed by atoms with Crippen molar-refractivity contribution in [2.75, 3.05) is 5.32 Å². The van der Waals surface area contributed by atoms with Crippen LogP contribution in [0, 0.1) is 0 Å². The van der Waals surface area contributed by atoms with E-state index >= 15 is 0 Å². The molecule has 2 N–H and O–H groups in total. The molecule has 2 rings (SSSR count). The summed E-state index contributed by atoms with van der Waals surface area (Å²) in [6.07, 6.45) is 1.33. The molecule has 0 spiro atoms. The Morgan fingerprint density at radius 1 is 0.947 bits per heavy atom. The highest BCUT2D eigenvalue weighted by molar-refractivity contribution is 5.43. The standard InChI is InChI=1S/C17H21NO/c1-14(18-16-10-6-3-7-11-16)17(19)13-12-15-8-4-2-5-9-15/h2-11,14,17-19H,12-13H2,1H3/t14-,17-/m1/s1. The minimum Gasteiger partial charge on any atom is -0.391 e. The topological polar surface area (TPSA) is 32.3 Å². The van der Waals surface area contributed by atoms with Gasteiger partial charge in [-0.1, -0.05) is 48.5 Å². The molecule has 2 aromatic carbocycles. The van der Waals surface area contributed by atoms with Crippen molar-refractivity contribution in [2.45, 2.75) is 31.9 Å². The van der Waals surface area contributed by atoms with Gasteiger partial charge < -0.3 is 10.4 Å². The maximum Gasteiger partial charge on any atom is 0.0741 e. The Morgan fingerprint density at radius 3 is 2.16 bits per heavy atom. The highest BCUT2D eigenvalue weighted by Crippen LogP contribution is 2.12. The van der Waals surface area contributed by atoms with Gasteiger partial charge in [0.05, 0.1) is 6.10 Å². The molecule has 0 aliphatic heterocycles. The molecule has 0 unspecified atom stereocenters. The molecule has 0 saturated heterocycles. The summed E-state index contributed by atoms with van der Waals surface area (Å²) in [6, 6.07) is 20.3. The van der Waals surface area contributed by atoms with Crippen LogP contribution in [-0.2, 0) is 6.42 Å². The summed E-state index contributed by atoms with van der Waals surface area (Å²) in [7, 11) is 0. The quantitative estimate of drug-likeness (QED) is 0.828. The molecular formula is C17H21NO. The van der Waals surface area contributed by atoms with E-state index in [4.69, 9.17) is 0 Å². The molecule has 0 saturated carbocycles. The molecule has 2 heteroatoms. The van der Waals surface area contributed by atoms with Crippen LogP contribution in [0.4, 0.5) is 5.69 Å². The van der Waals surface area contributed by atoms with Gasteiger partial charge in [-0.2, -0.15) is 0 Å². The molecule has 2 atom stereocenters. The van der Waals surface area contributed by atoms with Gasteiger partial charge in [0.25, 0.3) is 0 Å². The van der Waals surface area contributed by atoms with Crippen molar-refractivity contribution in [3.63, 3.8) is 0 Å². The zero-order valence-corrected chi connectivity index (χ0v) is 11.3. The summed E-state index contributed by atoms with van der Waals surface area (Å²) >= 11 is 0. The van der Waals surface area contributed by atoms with Crippen molar-refractivity contribution in [1.82, 2.24) is 0 Å². The van der Waals surface area contributed by atoms with Crippen molar-refractivity contribution in [1.29, 1.82) is 0 Å². The molecule has 100 valence electrons. The molecule has 0 aliphatic rings. The molecule has 0 amide bonds. The van der Waals surface area contributed by atoms with Gasteiger partial charge >= 0.3 is 0 Å². The molecular weight excluding hydrogens is 234 g/mol. The van der Waals surface area contributed by atoms with Crippen molar-refractivity contribution in [3.8, 4) is 0 Å². The van der Waals surface area contributed by atoms with E-state index < -0.39 is 0 Å². The van der Waals surface area contributed by atoms with Gasteiger partial charge in [-0.3, -0.25) is 0 Å². The summed E-state index contributed by atoms with van der Waals surface area (Å²) in [4.78, 5) is 0. The number of aliphatic hydroxyl groups is 1. The first-order valence-electron chi connectivity index (χ1n) is 6.79. The van der Waals surface area contributed by atoms with E-state index in [1.807, 2.05) is 55.5 Å². The first kappa shape index (κ1) is 13.6. The van der Waals surface area contributed by atoms with Crippen LogP contribution in [0.3, 0.4) is 0 Å². The van der Waals surface area contributed by atoms with Crippen LogP contribution in [0.25, 0.3) is 0 Å². The fraction of sp³-hybridized carbons (Fsp3) is 0.294. The van der Waals surface area contributed by atoms with E-state index in [0.29, 0.717) is 0 Å². The Kier molecular flexibility index (Phi) is 4.99. The van der Waals surface area contributed by atoms with E-state index in [2.05, 4.69) is 17.4 Å². The number of para-hydroxylation sites is 1. The Morgan fingerprint density at radius 2 is 1.53 bits per heavy atom. The zero-order valence-electron chi connectivity index (χ0n) is 11.3. The Labute approximate surface area is 115 Å². The lowest BCUT2D eigenvalue weighted by Crippen LogP contribution is -2.31. The maximum absolute atomic E-state index is 10.2. The SMILES string of the molecule is C[C@@H](Nc1ccccc1)[C@H](O)CCc1ccccc1. The third kappa shape index (κ3) is 4.42. The van der Waals surface area contributed by atoms with Crippen molar-refractivity contribution >= 4 is 5.69 Å². The second-order valence-electron chi connectivity index (χ2n) is 4.89. The lowest BCUT2D eigenvalue weighted by molar-refractivity contribution is 0.148. The monoisotopic (exact) mass is 255 g/mol. The molecule has 0 heterocycles. The van der Waals surface area contributed by atoms with Crippen molar-refractivity contribution in [3.05, 3.63) is 66.2 Å². The van der Waals surface area contributed by atoms with Gasteiger partial charge in [0.2, 0.25) is 0 Å². The Hall–Kier alpha value is -1.80. The Bertz CT molecular complexity index is 469. The van der Waals surface area contributed by atoms with Gasteiger partial charge in [0.1, 0.15) is 0 Å². The Balaban J connectivity index is 1.81. The lowest BCUT2D eigenvalue weighted by atomic mass is 10.0. The predicted octanol–water partition coefficient (Wildman–Crippen LogP) is 3.48. The summed E-state index contributed by atoms with van der Waals surface area (Å²) in [5, 5.41) is 13.5. The number of aryl methyl sites for hydroxylation is 1. The number of aliphatic hydroxyl groups excluding tert-OH is 1. The van der Waals surface area contributed by atoms with Crippen LogP contribution < -0.4 is 5.32 Å². The summed E-state index contributed by atoms with van der Waals surface area (Å²) in [5.74, 6) is 0. The predicted molar refractivity (Wildman–Crippen MR) is 80.3 cm³/mol. The van der Waals surface area contributed by atoms with Crippen LogP contribution in [-0.4, -0.2) is 17.3 Å². The normalized spacial score (nSPS) is 13.8. The van der Waals surface area contributed by atoms with E-state index in [1.54, 1.807) is 0 Å². The number of anilines is 1. The van der Waals surface area contributed by atoms with Crippen LogP contribution in [0.2, 0.25) is 0 Å². The van der Waals surface area contributed by atoms with Crippen molar-refractivity contribution in [2.24, 2.45) is 0 Å². The van der Waals surface area contributed by atoms with Gasteiger partial charge in [-0.05, 0) is 37.5 Å². The van der Waals surface area contributed by atoms with Crippen LogP contribution in [0.5, 0.6) is 0 Å². The lowest BCUT2D eigenvalue weighted by Gasteiger charge is -2.21. The molecule has 0 radical (unpaired) electrons. The number of benzene rings is 2. The average Bonchev–Trinajstić information content (AvgIpc) is 2.47. The molecule has 2 nitrogen and oxygen atoms in total. The number of hydrogen-bond donors (Lipinski definition) is 2. The van der Waals surface area contributed by atoms with Crippen LogP contribution >= 0.6 is 0 Å². The first-order chi connectivity index (χ1) is 9.25. The molecule has 0 aromatic heterocycles. The van der Waals surface area contributed by atoms with E-state index in [0.717, 1.165) is 18.5 Å². The summed E-state index contributed by atoms with van der Waals surface area (Å²) < 4.78 is 0. The summed E-state index contributed by atoms with van der Waals surface area (Å²) in [6.45, 7) is 2.02. The van der Waals surface area contributed by atoms with Gasteiger partial charge in [-0.25, -0.2) is 0 Å². The van der Waals surface area contributed by atoms with Crippen molar-refractivity contribution < 1.29 is 5.11 Å². The zero-order chi connectivity index (χ0) is 13.5. The molecule has 0 fully saturated rings. The van der Waals surface area contributed by atoms with E-state index in [9.17, 15) is 5.11 Å². The van der Waals surface area contributed by atoms with E-state index in [1.165, 1.54) is 5.56 Å². The highest BCUT2D eigenvalue weighted by atomic mass is 16.3. The van der Waals surface area contributed by atoms with Crippen LogP contribution in [0.1, 0.15) is 18.9 Å². The average molecular weight is 255 g/mol. The maximum atomic E-state index is 10.2. The highest BCUT2D eigenvalue weighted by Gasteiger charge is 2.13. The smallest absolute Gasteiger partial charge is 0.0741 e. The second kappa shape index (κ2) is 6.95. The third-order valence-electron chi connectivity index (χ3n) is 3.32. The second-order valence-corrected chi connectivity index (χ2v) is 4.89. The fourth-order valence-electron chi connectivity index (χ4n) is 2.10. The molecule has 0 bridgehead atoms. The number of nitrogens with one attached hydrogen (secondary N) is 1. The van der Waals surface area contributed by atoms with Gasteiger partial charge in [-0.15, -0.1) is 0 Å².